The fourth-order valence-electron chi connectivity index (χ4n) is 0.895. The second-order valence-electron chi connectivity index (χ2n) is 2.62. The number of rotatable bonds is 3. The summed E-state index contributed by atoms with van der Waals surface area (Å²) in [7, 11) is 0. The maximum atomic E-state index is 10.7. The van der Waals surface area contributed by atoms with Crippen molar-refractivity contribution in [2.75, 3.05) is 0 Å². The first-order chi connectivity index (χ1) is 6.63. The minimum Gasteiger partial charge on any atom is -0.508 e. The van der Waals surface area contributed by atoms with Gasteiger partial charge in [0.05, 0.1) is 0 Å². The van der Waals surface area contributed by atoms with E-state index >= 15 is 0 Å². The fraction of sp³-hybridized carbons (Fsp3) is 0.100. The zero-order valence-electron chi connectivity index (χ0n) is 7.43. The summed E-state index contributed by atoms with van der Waals surface area (Å²) in [5.41, 5.74) is 0.347. The van der Waals surface area contributed by atoms with E-state index in [-0.39, 0.29) is 18.1 Å². The van der Waals surface area contributed by atoms with Crippen molar-refractivity contribution in [1.29, 1.82) is 0 Å². The number of hydrogen-bond donors (Lipinski definition) is 2. The van der Waals surface area contributed by atoms with E-state index in [0.29, 0.717) is 5.56 Å². The number of aromatic hydroxyl groups is 2. The monoisotopic (exact) mass is 194 g/mol. The molecule has 0 fully saturated rings. The van der Waals surface area contributed by atoms with E-state index in [9.17, 15) is 9.90 Å². The highest BCUT2D eigenvalue weighted by molar-refractivity contribution is 5.81. The molecule has 0 heterocycles. The minimum atomic E-state index is -0.576. The topological polar surface area (TPSA) is 66.8 Å². The van der Waals surface area contributed by atoms with E-state index in [1.807, 2.05) is 0 Å². The van der Waals surface area contributed by atoms with Crippen LogP contribution >= 0.6 is 0 Å². The van der Waals surface area contributed by atoms with Gasteiger partial charge in [0.25, 0.3) is 0 Å². The Balaban J connectivity index is 2.71. The van der Waals surface area contributed by atoms with Crippen molar-refractivity contribution in [2.45, 2.75) is 6.61 Å². The maximum Gasteiger partial charge on any atom is 0.330 e. The van der Waals surface area contributed by atoms with Gasteiger partial charge in [-0.3, -0.25) is 0 Å². The summed E-state index contributed by atoms with van der Waals surface area (Å²) >= 11 is 0. The Labute approximate surface area is 81.1 Å². The van der Waals surface area contributed by atoms with Crippen molar-refractivity contribution in [2.24, 2.45) is 0 Å². The lowest BCUT2D eigenvalue weighted by atomic mass is 10.2. The molecule has 0 bridgehead atoms. The van der Waals surface area contributed by atoms with Crippen molar-refractivity contribution in [3.05, 3.63) is 36.4 Å². The minimum absolute atomic E-state index is 0.00690. The van der Waals surface area contributed by atoms with Gasteiger partial charge in [0.1, 0.15) is 18.1 Å². The van der Waals surface area contributed by atoms with Crippen LogP contribution in [0.1, 0.15) is 5.56 Å². The Bertz CT molecular complexity index is 357. The van der Waals surface area contributed by atoms with Crippen molar-refractivity contribution in [3.8, 4) is 11.5 Å². The molecule has 0 saturated heterocycles. The summed E-state index contributed by atoms with van der Waals surface area (Å²) in [6.07, 6.45) is 1.03. The van der Waals surface area contributed by atoms with Gasteiger partial charge in [0, 0.05) is 11.6 Å². The lowest BCUT2D eigenvalue weighted by Crippen LogP contribution is -2.00. The predicted molar refractivity (Wildman–Crippen MR) is 49.8 cm³/mol. The van der Waals surface area contributed by atoms with Crippen LogP contribution < -0.4 is 0 Å². The molecular formula is C10H10O4. The molecule has 2 N–H and O–H groups in total. The predicted octanol–water partition coefficient (Wildman–Crippen LogP) is 1.33. The molecule has 0 aliphatic rings. The van der Waals surface area contributed by atoms with Gasteiger partial charge in [-0.15, -0.1) is 0 Å². The van der Waals surface area contributed by atoms with Crippen LogP contribution in [0.3, 0.4) is 0 Å². The van der Waals surface area contributed by atoms with Crippen LogP contribution in [0.4, 0.5) is 0 Å². The molecule has 0 spiro atoms. The zero-order chi connectivity index (χ0) is 10.6. The number of phenolic OH excluding ortho intramolecular Hbond substituents is 2. The van der Waals surface area contributed by atoms with Gasteiger partial charge in [-0.1, -0.05) is 6.58 Å². The number of carbonyl (C=O) groups excluding carboxylic acids is 1. The molecule has 14 heavy (non-hydrogen) atoms. The highest BCUT2D eigenvalue weighted by Gasteiger charge is 2.04. The molecule has 1 rings (SSSR count). The zero-order valence-corrected chi connectivity index (χ0v) is 7.43. The molecule has 1 aromatic carbocycles. The molecule has 0 aliphatic heterocycles. The van der Waals surface area contributed by atoms with E-state index in [1.165, 1.54) is 18.2 Å². The fourth-order valence-corrected chi connectivity index (χ4v) is 0.895. The first kappa shape index (κ1) is 10.1. The molecule has 0 amide bonds. The largest absolute Gasteiger partial charge is 0.508 e. The molecule has 0 aromatic heterocycles. The SMILES string of the molecule is C=CC(=O)OCc1cc(O)ccc1O. The van der Waals surface area contributed by atoms with E-state index in [1.54, 1.807) is 0 Å². The lowest BCUT2D eigenvalue weighted by Gasteiger charge is -2.04. The highest BCUT2D eigenvalue weighted by atomic mass is 16.5. The first-order valence-electron chi connectivity index (χ1n) is 3.93. The van der Waals surface area contributed by atoms with E-state index in [0.717, 1.165) is 6.08 Å². The Morgan fingerprint density at radius 2 is 2.21 bits per heavy atom. The normalized spacial score (nSPS) is 9.43. The quantitative estimate of drug-likeness (QED) is 0.432. The third kappa shape index (κ3) is 2.52. The summed E-state index contributed by atoms with van der Waals surface area (Å²) in [6, 6.07) is 3.99. The van der Waals surface area contributed by atoms with E-state index in [4.69, 9.17) is 5.11 Å². The molecule has 0 radical (unpaired) electrons. The summed E-state index contributed by atoms with van der Waals surface area (Å²) in [5.74, 6) is -0.597. The second kappa shape index (κ2) is 4.32. The molecular weight excluding hydrogens is 184 g/mol. The average molecular weight is 194 g/mol. The average Bonchev–Trinajstić information content (AvgIpc) is 2.19. The lowest BCUT2D eigenvalue weighted by molar-refractivity contribution is -0.139. The maximum absolute atomic E-state index is 10.7. The smallest absolute Gasteiger partial charge is 0.330 e. The summed E-state index contributed by atoms with van der Waals surface area (Å²) in [6.45, 7) is 3.13. The Morgan fingerprint density at radius 3 is 2.86 bits per heavy atom. The van der Waals surface area contributed by atoms with Gasteiger partial charge in [-0.2, -0.15) is 0 Å². The molecule has 0 saturated carbocycles. The Kier molecular flexibility index (Phi) is 3.12. The Hall–Kier alpha value is -1.97. The molecule has 0 unspecified atom stereocenters. The number of benzene rings is 1. The van der Waals surface area contributed by atoms with Gasteiger partial charge in [-0.05, 0) is 18.2 Å². The summed E-state index contributed by atoms with van der Waals surface area (Å²) in [4.78, 5) is 10.7. The summed E-state index contributed by atoms with van der Waals surface area (Å²) < 4.78 is 4.68. The van der Waals surface area contributed by atoms with Gasteiger partial charge >= 0.3 is 5.97 Å². The molecule has 4 heteroatoms. The second-order valence-corrected chi connectivity index (χ2v) is 2.62. The third-order valence-corrected chi connectivity index (χ3v) is 1.60. The van der Waals surface area contributed by atoms with E-state index < -0.39 is 5.97 Å². The van der Waals surface area contributed by atoms with Gasteiger partial charge in [0.2, 0.25) is 0 Å². The number of ether oxygens (including phenoxy) is 1. The van der Waals surface area contributed by atoms with Gasteiger partial charge < -0.3 is 14.9 Å². The molecule has 0 atom stereocenters. The standard InChI is InChI=1S/C10H10O4/c1-2-10(13)14-6-7-5-8(11)3-4-9(7)12/h2-5,11-12H,1,6H2. The molecule has 4 nitrogen and oxygen atoms in total. The van der Waals surface area contributed by atoms with Gasteiger partial charge in [-0.25, -0.2) is 4.79 Å². The van der Waals surface area contributed by atoms with Crippen molar-refractivity contribution < 1.29 is 19.7 Å². The van der Waals surface area contributed by atoms with Crippen LogP contribution in [0.2, 0.25) is 0 Å². The van der Waals surface area contributed by atoms with Crippen LogP contribution in [0.15, 0.2) is 30.9 Å². The first-order valence-corrected chi connectivity index (χ1v) is 3.93. The van der Waals surface area contributed by atoms with Crippen LogP contribution in [-0.2, 0) is 16.1 Å². The van der Waals surface area contributed by atoms with E-state index in [2.05, 4.69) is 11.3 Å². The van der Waals surface area contributed by atoms with Crippen LogP contribution in [0.5, 0.6) is 11.5 Å². The molecule has 74 valence electrons. The van der Waals surface area contributed by atoms with Crippen LogP contribution in [0, 0.1) is 0 Å². The van der Waals surface area contributed by atoms with Crippen LogP contribution in [-0.4, -0.2) is 16.2 Å². The highest BCUT2D eigenvalue weighted by Crippen LogP contribution is 2.22. The Morgan fingerprint density at radius 1 is 1.50 bits per heavy atom. The van der Waals surface area contributed by atoms with Gasteiger partial charge in [0.15, 0.2) is 0 Å². The third-order valence-electron chi connectivity index (χ3n) is 1.60. The van der Waals surface area contributed by atoms with Crippen molar-refractivity contribution in [1.82, 2.24) is 0 Å². The van der Waals surface area contributed by atoms with Crippen molar-refractivity contribution >= 4 is 5.97 Å². The van der Waals surface area contributed by atoms with Crippen molar-refractivity contribution in [3.63, 3.8) is 0 Å². The number of esters is 1. The number of hydrogen-bond acceptors (Lipinski definition) is 4. The van der Waals surface area contributed by atoms with Crippen LogP contribution in [0.25, 0.3) is 0 Å². The molecule has 0 aliphatic carbocycles. The number of carbonyl (C=O) groups is 1. The molecule has 1 aromatic rings. The summed E-state index contributed by atoms with van der Waals surface area (Å²) in [5, 5.41) is 18.4. The number of phenols is 2.